The van der Waals surface area contributed by atoms with Gasteiger partial charge in [0.2, 0.25) is 0 Å². The molecule has 0 atom stereocenters. The largest absolute Gasteiger partial charge is 0.486 e. The van der Waals surface area contributed by atoms with Crippen molar-refractivity contribution in [1.82, 2.24) is 0 Å². The van der Waals surface area contributed by atoms with Crippen LogP contribution in [0.3, 0.4) is 0 Å². The van der Waals surface area contributed by atoms with Crippen molar-refractivity contribution in [1.29, 1.82) is 0 Å². The average molecular weight is 271 g/mol. The van der Waals surface area contributed by atoms with Crippen molar-refractivity contribution in [3.63, 3.8) is 0 Å². The predicted octanol–water partition coefficient (Wildman–Crippen LogP) is 3.96. The van der Waals surface area contributed by atoms with Crippen LogP contribution in [0.2, 0.25) is 0 Å². The molecule has 0 amide bonds. The van der Waals surface area contributed by atoms with Crippen LogP contribution in [0.25, 0.3) is 0 Å². The normalized spacial score (nSPS) is 13.9. The Morgan fingerprint density at radius 3 is 1.94 bits per heavy atom. The summed E-state index contributed by atoms with van der Waals surface area (Å²) in [6.07, 6.45) is 0. The maximum Gasteiger partial charge on any atom is 0.362 e. The first-order chi connectivity index (χ1) is 7.42. The minimum Gasteiger partial charge on any atom is -0.486 e. The van der Waals surface area contributed by atoms with Crippen LogP contribution < -0.4 is 0 Å². The van der Waals surface area contributed by atoms with Gasteiger partial charge in [-0.2, -0.15) is 0 Å². The second-order valence-corrected chi connectivity index (χ2v) is 5.69. The van der Waals surface area contributed by atoms with Crippen LogP contribution in [0.5, 0.6) is 0 Å². The smallest absolute Gasteiger partial charge is 0.362 e. The molecule has 0 aromatic heterocycles. The lowest BCUT2D eigenvalue weighted by Crippen LogP contribution is -2.06. The molecule has 16 heavy (non-hydrogen) atoms. The highest BCUT2D eigenvalue weighted by molar-refractivity contribution is 7.58. The predicted molar refractivity (Wildman–Crippen MR) is 65.6 cm³/mol. The molecule has 0 radical (unpaired) electrons. The van der Waals surface area contributed by atoms with Crippen LogP contribution >= 0.6 is 19.2 Å². The molecule has 0 saturated heterocycles. The van der Waals surface area contributed by atoms with Crippen LogP contribution in [0.1, 0.15) is 27.7 Å². The summed E-state index contributed by atoms with van der Waals surface area (Å²) in [5.74, 6) is -0.0728. The molecule has 0 aliphatic carbocycles. The van der Waals surface area contributed by atoms with Gasteiger partial charge in [0.15, 0.2) is 5.22 Å². The van der Waals surface area contributed by atoms with Crippen molar-refractivity contribution in [3.8, 4) is 0 Å². The zero-order chi connectivity index (χ0) is 12.8. The third kappa shape index (κ3) is 4.10. The Labute approximate surface area is 102 Å². The summed E-state index contributed by atoms with van der Waals surface area (Å²) in [5.41, 5.74) is 0. The van der Waals surface area contributed by atoms with Gasteiger partial charge < -0.3 is 13.8 Å². The van der Waals surface area contributed by atoms with E-state index in [2.05, 4.69) is 0 Å². The summed E-state index contributed by atoms with van der Waals surface area (Å²) < 4.78 is 27.9. The molecule has 0 aliphatic rings. The number of halogens is 1. The Balaban J connectivity index is 5.36. The van der Waals surface area contributed by atoms with Crippen molar-refractivity contribution < 1.29 is 18.3 Å². The van der Waals surface area contributed by atoms with Crippen LogP contribution in [0.15, 0.2) is 10.5 Å². The lowest BCUT2D eigenvalue weighted by molar-refractivity contribution is 0.221. The number of hydrogen-bond acceptors (Lipinski definition) is 4. The van der Waals surface area contributed by atoms with Crippen molar-refractivity contribution in [2.75, 3.05) is 20.3 Å². The summed E-state index contributed by atoms with van der Waals surface area (Å²) in [5, 5.41) is 0.473. The molecule has 0 N–H and O–H groups in total. The number of methoxy groups -OCH3 is 1. The second-order valence-electron chi connectivity index (χ2n) is 3.35. The number of hydrogen-bond donors (Lipinski definition) is 0. The summed E-state index contributed by atoms with van der Waals surface area (Å²) in [6, 6.07) is 0. The molecule has 0 fully saturated rings. The summed E-state index contributed by atoms with van der Waals surface area (Å²) in [6.45, 7) is 7.82. The van der Waals surface area contributed by atoms with Crippen molar-refractivity contribution >= 4 is 19.2 Å². The summed E-state index contributed by atoms with van der Waals surface area (Å²) in [4.78, 5) is 0. The molecule has 0 heterocycles. The van der Waals surface area contributed by atoms with Gasteiger partial charge in [0, 0.05) is 0 Å². The highest BCUT2D eigenvalue weighted by Crippen LogP contribution is 2.60. The van der Waals surface area contributed by atoms with E-state index in [9.17, 15) is 4.57 Å². The Bertz CT molecular complexity index is 279. The van der Waals surface area contributed by atoms with Gasteiger partial charge in [-0.1, -0.05) is 13.8 Å². The molecule has 0 rings (SSSR count). The van der Waals surface area contributed by atoms with Gasteiger partial charge in [0.1, 0.15) is 0 Å². The molecule has 0 unspecified atom stereocenters. The molecule has 4 nitrogen and oxygen atoms in total. The van der Waals surface area contributed by atoms with Crippen LogP contribution in [0.4, 0.5) is 0 Å². The van der Waals surface area contributed by atoms with Gasteiger partial charge in [-0.25, -0.2) is 0 Å². The standard InChI is InChI=1S/C10H20ClO4P/c1-6-14-16(12,15-7-2)9(8(3)4)10(11)13-5/h8H,6-7H2,1-5H3/b10-9-. The summed E-state index contributed by atoms with van der Waals surface area (Å²) in [7, 11) is -1.91. The lowest BCUT2D eigenvalue weighted by Gasteiger charge is -2.23. The number of allylic oxidation sites excluding steroid dienone is 1. The molecule has 96 valence electrons. The first-order valence-corrected chi connectivity index (χ1v) is 7.18. The van der Waals surface area contributed by atoms with E-state index >= 15 is 0 Å². The fraction of sp³-hybridized carbons (Fsp3) is 0.800. The van der Waals surface area contributed by atoms with Crippen LogP contribution in [-0.4, -0.2) is 20.3 Å². The monoisotopic (exact) mass is 270 g/mol. The molecule has 0 aliphatic heterocycles. The van der Waals surface area contributed by atoms with E-state index in [0.29, 0.717) is 18.5 Å². The second kappa shape index (κ2) is 7.33. The number of ether oxygens (including phenoxy) is 1. The average Bonchev–Trinajstić information content (AvgIpc) is 2.17. The highest BCUT2D eigenvalue weighted by atomic mass is 35.5. The molecule has 0 aromatic carbocycles. The van der Waals surface area contributed by atoms with Gasteiger partial charge in [-0.3, -0.25) is 4.57 Å². The fourth-order valence-electron chi connectivity index (χ4n) is 1.27. The molecule has 6 heteroatoms. The molecule has 0 saturated carbocycles. The van der Waals surface area contributed by atoms with E-state index in [1.165, 1.54) is 7.11 Å². The maximum absolute atomic E-state index is 12.5. The molecular formula is C10H20ClO4P. The Kier molecular flexibility index (Phi) is 7.32. The third-order valence-electron chi connectivity index (χ3n) is 1.82. The Morgan fingerprint density at radius 2 is 1.69 bits per heavy atom. The SMILES string of the molecule is CCOP(=O)(OCC)/C(=C(/Cl)OC)C(C)C. The summed E-state index contributed by atoms with van der Waals surface area (Å²) >= 11 is 5.91. The molecule has 0 bridgehead atoms. The Hall–Kier alpha value is -0.0200. The quantitative estimate of drug-likeness (QED) is 0.519. The fourth-order valence-corrected chi connectivity index (χ4v) is 3.77. The number of rotatable bonds is 7. The van der Waals surface area contributed by atoms with Gasteiger partial charge in [0.05, 0.1) is 25.6 Å². The maximum atomic E-state index is 12.5. The van der Waals surface area contributed by atoms with Crippen LogP contribution in [0, 0.1) is 5.92 Å². The van der Waals surface area contributed by atoms with Crippen molar-refractivity contribution in [3.05, 3.63) is 10.5 Å². The first kappa shape index (κ1) is 16.0. The zero-order valence-electron chi connectivity index (χ0n) is 10.4. The van der Waals surface area contributed by atoms with Gasteiger partial charge in [-0.15, -0.1) is 0 Å². The van der Waals surface area contributed by atoms with E-state index in [-0.39, 0.29) is 11.1 Å². The van der Waals surface area contributed by atoms with E-state index in [1.54, 1.807) is 13.8 Å². The molecular weight excluding hydrogens is 251 g/mol. The van der Waals surface area contributed by atoms with Gasteiger partial charge in [-0.05, 0) is 31.4 Å². The first-order valence-electron chi connectivity index (χ1n) is 5.26. The van der Waals surface area contributed by atoms with Gasteiger partial charge >= 0.3 is 7.60 Å². The minimum absolute atomic E-state index is 0.0728. The highest BCUT2D eigenvalue weighted by Gasteiger charge is 2.35. The third-order valence-corrected chi connectivity index (χ3v) is 4.82. The molecule has 0 aromatic rings. The minimum atomic E-state index is -3.34. The zero-order valence-corrected chi connectivity index (χ0v) is 12.1. The topological polar surface area (TPSA) is 44.8 Å². The van der Waals surface area contributed by atoms with E-state index in [4.69, 9.17) is 25.4 Å². The van der Waals surface area contributed by atoms with Crippen molar-refractivity contribution in [2.24, 2.45) is 5.92 Å². The van der Waals surface area contributed by atoms with E-state index in [0.717, 1.165) is 0 Å². The van der Waals surface area contributed by atoms with Crippen LogP contribution in [-0.2, 0) is 18.3 Å². The van der Waals surface area contributed by atoms with E-state index in [1.807, 2.05) is 13.8 Å². The van der Waals surface area contributed by atoms with Crippen molar-refractivity contribution in [2.45, 2.75) is 27.7 Å². The molecule has 0 spiro atoms. The van der Waals surface area contributed by atoms with E-state index < -0.39 is 7.60 Å². The van der Waals surface area contributed by atoms with Gasteiger partial charge in [0.25, 0.3) is 0 Å². The lowest BCUT2D eigenvalue weighted by atomic mass is 10.2. The Morgan fingerprint density at radius 1 is 1.25 bits per heavy atom.